The molecule has 0 N–H and O–H groups in total. The Hall–Kier alpha value is -2.17. The summed E-state index contributed by atoms with van der Waals surface area (Å²) in [6, 6.07) is 9.97. The highest BCUT2D eigenvalue weighted by atomic mass is 16.5. The smallest absolute Gasteiger partial charge is 0.235 e. The molecule has 1 aromatic carbocycles. The number of carbonyl (C=O) groups excluding carboxylic acids is 1. The summed E-state index contributed by atoms with van der Waals surface area (Å²) < 4.78 is 5.78. The fourth-order valence-electron chi connectivity index (χ4n) is 5.85. The normalized spacial score (nSPS) is 32.0. The second-order valence-electron chi connectivity index (χ2n) is 9.30. The molecule has 4 atom stereocenters. The number of rotatable bonds is 4. The van der Waals surface area contributed by atoms with Gasteiger partial charge in [0.15, 0.2) is 0 Å². The summed E-state index contributed by atoms with van der Waals surface area (Å²) >= 11 is 0. The van der Waals surface area contributed by atoms with E-state index in [2.05, 4.69) is 17.0 Å². The highest BCUT2D eigenvalue weighted by Crippen LogP contribution is 2.50. The van der Waals surface area contributed by atoms with Gasteiger partial charge in [-0.05, 0) is 43.4 Å². The first-order chi connectivity index (χ1) is 13.6. The molecule has 1 aliphatic heterocycles. The van der Waals surface area contributed by atoms with Crippen LogP contribution < -0.4 is 0 Å². The van der Waals surface area contributed by atoms with Crippen LogP contribution in [0.4, 0.5) is 0 Å². The molecule has 1 saturated heterocycles. The number of fused-ring (bicyclic) bond motifs is 1. The molecule has 2 aromatic rings. The summed E-state index contributed by atoms with van der Waals surface area (Å²) in [5, 5.41) is 4.26. The lowest BCUT2D eigenvalue weighted by Gasteiger charge is -2.24. The minimum atomic E-state index is -0.140. The summed E-state index contributed by atoms with van der Waals surface area (Å²) in [4.78, 5) is 19.9. The van der Waals surface area contributed by atoms with E-state index in [1.54, 1.807) is 0 Å². The van der Waals surface area contributed by atoms with Crippen LogP contribution in [0, 0.1) is 17.8 Å². The van der Waals surface area contributed by atoms with Crippen molar-refractivity contribution in [2.45, 2.75) is 57.3 Å². The van der Waals surface area contributed by atoms with Crippen molar-refractivity contribution in [2.24, 2.45) is 17.8 Å². The van der Waals surface area contributed by atoms with Gasteiger partial charge in [-0.2, -0.15) is 4.98 Å². The van der Waals surface area contributed by atoms with Crippen molar-refractivity contribution in [1.29, 1.82) is 0 Å². The molecule has 1 aromatic heterocycles. The number of likely N-dealkylation sites (tertiary alicyclic amines) is 1. The predicted molar refractivity (Wildman–Crippen MR) is 106 cm³/mol. The van der Waals surface area contributed by atoms with Gasteiger partial charge in [0.05, 0.1) is 5.41 Å². The van der Waals surface area contributed by atoms with E-state index in [0.717, 1.165) is 43.3 Å². The molecule has 3 fully saturated rings. The van der Waals surface area contributed by atoms with E-state index >= 15 is 0 Å². The fourth-order valence-corrected chi connectivity index (χ4v) is 5.85. The van der Waals surface area contributed by atoms with E-state index in [-0.39, 0.29) is 5.41 Å². The van der Waals surface area contributed by atoms with E-state index in [9.17, 15) is 4.79 Å². The van der Waals surface area contributed by atoms with Crippen molar-refractivity contribution < 1.29 is 9.32 Å². The Kier molecular flexibility index (Phi) is 4.48. The lowest BCUT2D eigenvalue weighted by Crippen LogP contribution is -2.35. The second kappa shape index (κ2) is 7.02. The molecular weight excluding hydrogens is 350 g/mol. The molecule has 0 radical (unpaired) electrons. The predicted octanol–water partition coefficient (Wildman–Crippen LogP) is 4.44. The molecule has 148 valence electrons. The van der Waals surface area contributed by atoms with E-state index in [4.69, 9.17) is 9.51 Å². The van der Waals surface area contributed by atoms with Crippen LogP contribution in [0.1, 0.15) is 57.8 Å². The first-order valence-corrected chi connectivity index (χ1v) is 10.8. The largest absolute Gasteiger partial charge is 0.341 e. The van der Waals surface area contributed by atoms with Crippen molar-refractivity contribution in [3.63, 3.8) is 0 Å². The molecule has 5 rings (SSSR count). The van der Waals surface area contributed by atoms with Gasteiger partial charge in [0.2, 0.25) is 17.6 Å². The quantitative estimate of drug-likeness (QED) is 0.788. The van der Waals surface area contributed by atoms with Crippen LogP contribution in [0.2, 0.25) is 0 Å². The molecule has 0 spiro atoms. The molecule has 1 amide bonds. The Balaban J connectivity index is 1.34. The molecule has 2 aliphatic carbocycles. The topological polar surface area (TPSA) is 59.2 Å². The zero-order valence-electron chi connectivity index (χ0n) is 16.6. The third kappa shape index (κ3) is 3.05. The number of aromatic nitrogens is 2. The first kappa shape index (κ1) is 17.9. The van der Waals surface area contributed by atoms with Crippen molar-refractivity contribution in [1.82, 2.24) is 15.0 Å². The highest BCUT2D eigenvalue weighted by molar-refractivity contribution is 5.77. The molecule has 2 unspecified atom stereocenters. The van der Waals surface area contributed by atoms with Crippen molar-refractivity contribution in [3.8, 4) is 11.4 Å². The van der Waals surface area contributed by atoms with E-state index in [1.165, 1.54) is 25.7 Å². The third-order valence-electron chi connectivity index (χ3n) is 7.37. The number of nitrogens with zero attached hydrogens (tertiary/aromatic N) is 3. The summed E-state index contributed by atoms with van der Waals surface area (Å²) in [6.45, 7) is 3.90. The highest BCUT2D eigenvalue weighted by Gasteiger charge is 2.55. The monoisotopic (exact) mass is 379 g/mol. The van der Waals surface area contributed by atoms with Crippen molar-refractivity contribution in [2.75, 3.05) is 13.1 Å². The van der Waals surface area contributed by atoms with Crippen molar-refractivity contribution in [3.05, 3.63) is 36.2 Å². The average molecular weight is 380 g/mol. The minimum absolute atomic E-state index is 0.140. The van der Waals surface area contributed by atoms with Gasteiger partial charge >= 0.3 is 0 Å². The van der Waals surface area contributed by atoms with Gasteiger partial charge in [-0.25, -0.2) is 0 Å². The lowest BCUT2D eigenvalue weighted by molar-refractivity contribution is -0.131. The van der Waals surface area contributed by atoms with E-state index in [1.807, 2.05) is 30.3 Å². The van der Waals surface area contributed by atoms with E-state index < -0.39 is 0 Å². The number of amides is 1. The molecule has 2 saturated carbocycles. The van der Waals surface area contributed by atoms with Gasteiger partial charge in [-0.1, -0.05) is 55.3 Å². The Morgan fingerprint density at radius 3 is 2.89 bits per heavy atom. The average Bonchev–Trinajstić information content (AvgIpc) is 3.45. The molecular formula is C23H29N3O2. The van der Waals surface area contributed by atoms with Crippen LogP contribution in [-0.2, 0) is 10.2 Å². The minimum Gasteiger partial charge on any atom is -0.341 e. The number of hydrogen-bond donors (Lipinski definition) is 0. The zero-order chi connectivity index (χ0) is 19.1. The zero-order valence-corrected chi connectivity index (χ0v) is 16.6. The maximum Gasteiger partial charge on any atom is 0.235 e. The Labute approximate surface area is 166 Å². The fraction of sp³-hybridized carbons (Fsp3) is 0.609. The summed E-state index contributed by atoms with van der Waals surface area (Å²) in [6.07, 6.45) is 7.76. The first-order valence-electron chi connectivity index (χ1n) is 10.8. The Morgan fingerprint density at radius 2 is 2.11 bits per heavy atom. The Bertz CT molecular complexity index is 849. The summed E-state index contributed by atoms with van der Waals surface area (Å²) in [5.41, 5.74) is 0.836. The van der Waals surface area contributed by atoms with Crippen molar-refractivity contribution >= 4 is 5.91 Å². The molecule has 28 heavy (non-hydrogen) atoms. The van der Waals surface area contributed by atoms with Crippen LogP contribution >= 0.6 is 0 Å². The second-order valence-corrected chi connectivity index (χ2v) is 9.30. The van der Waals surface area contributed by atoms with Crippen LogP contribution in [0.3, 0.4) is 0 Å². The molecule has 5 nitrogen and oxygen atoms in total. The molecule has 0 bridgehead atoms. The number of carbonyl (C=O) groups is 1. The number of benzene rings is 1. The van der Waals surface area contributed by atoms with E-state index in [0.29, 0.717) is 30.0 Å². The Morgan fingerprint density at radius 1 is 1.25 bits per heavy atom. The maximum absolute atomic E-state index is 13.0. The summed E-state index contributed by atoms with van der Waals surface area (Å²) in [5.74, 6) is 3.52. The van der Waals surface area contributed by atoms with Gasteiger partial charge in [0.25, 0.3) is 0 Å². The molecule has 5 heteroatoms. The van der Waals surface area contributed by atoms with Gasteiger partial charge in [-0.15, -0.1) is 0 Å². The van der Waals surface area contributed by atoms with Crippen LogP contribution in [0.25, 0.3) is 11.4 Å². The van der Waals surface area contributed by atoms with Gasteiger partial charge in [0.1, 0.15) is 0 Å². The standard InChI is InChI=1S/C23H29N3O2/c1-16-9-10-17(12-16)13-20(27)26-14-19-8-5-11-23(19,15-26)22-24-21(25-28-22)18-6-3-2-4-7-18/h2-4,6-7,16-17,19H,5,8-15H2,1H3/t16?,17?,19-,23-/m1/s1. The van der Waals surface area contributed by atoms with Crippen LogP contribution in [-0.4, -0.2) is 34.0 Å². The van der Waals surface area contributed by atoms with Gasteiger partial charge < -0.3 is 9.42 Å². The van der Waals surface area contributed by atoms with Gasteiger partial charge in [0, 0.05) is 25.1 Å². The summed E-state index contributed by atoms with van der Waals surface area (Å²) in [7, 11) is 0. The number of hydrogen-bond acceptors (Lipinski definition) is 4. The lowest BCUT2D eigenvalue weighted by atomic mass is 9.80. The van der Waals surface area contributed by atoms with Gasteiger partial charge in [-0.3, -0.25) is 4.79 Å². The molecule has 2 heterocycles. The van der Waals surface area contributed by atoms with Crippen LogP contribution in [0.5, 0.6) is 0 Å². The SMILES string of the molecule is CC1CCC(CC(=O)N2C[C@H]3CCC[C@@]3(c3nc(-c4ccccc4)no3)C2)C1. The van der Waals surface area contributed by atoms with Crippen LogP contribution in [0.15, 0.2) is 34.9 Å². The third-order valence-corrected chi connectivity index (χ3v) is 7.37. The maximum atomic E-state index is 13.0. The molecule has 3 aliphatic rings.